The lowest BCUT2D eigenvalue weighted by molar-refractivity contribution is 0.509. The van der Waals surface area contributed by atoms with Crippen LogP contribution < -0.4 is 5.73 Å². The zero-order chi connectivity index (χ0) is 14.0. The molecule has 19 heavy (non-hydrogen) atoms. The molecule has 0 saturated carbocycles. The van der Waals surface area contributed by atoms with Crippen LogP contribution in [0.2, 0.25) is 0 Å². The predicted octanol–water partition coefficient (Wildman–Crippen LogP) is 2.62. The molecule has 2 N–H and O–H groups in total. The number of halogens is 2. The van der Waals surface area contributed by atoms with Gasteiger partial charge in [-0.25, -0.2) is 18.7 Å². The van der Waals surface area contributed by atoms with E-state index in [1.54, 1.807) is 6.07 Å². The zero-order valence-electron chi connectivity index (χ0n) is 10.8. The molecule has 0 spiro atoms. The van der Waals surface area contributed by atoms with Gasteiger partial charge in [-0.2, -0.15) is 0 Å². The maximum absolute atomic E-state index is 13.2. The average molecular weight is 263 g/mol. The van der Waals surface area contributed by atoms with E-state index in [1.165, 1.54) is 6.07 Å². The van der Waals surface area contributed by atoms with Crippen molar-refractivity contribution < 1.29 is 8.78 Å². The van der Waals surface area contributed by atoms with Crippen LogP contribution in [-0.2, 0) is 6.42 Å². The van der Waals surface area contributed by atoms with Crippen LogP contribution in [0.1, 0.15) is 18.4 Å². The molecule has 0 bridgehead atoms. The van der Waals surface area contributed by atoms with Crippen LogP contribution in [0.4, 0.5) is 8.78 Å². The van der Waals surface area contributed by atoms with Crippen molar-refractivity contribution in [1.29, 1.82) is 0 Å². The van der Waals surface area contributed by atoms with E-state index in [9.17, 15) is 8.78 Å². The minimum absolute atomic E-state index is 0.0559. The van der Waals surface area contributed by atoms with Gasteiger partial charge >= 0.3 is 0 Å². The van der Waals surface area contributed by atoms with Crippen molar-refractivity contribution in [2.24, 2.45) is 5.73 Å². The second-order valence-electron chi connectivity index (χ2n) is 4.62. The summed E-state index contributed by atoms with van der Waals surface area (Å²) in [6.07, 6.45) is 0.540. The number of rotatable bonds is 3. The van der Waals surface area contributed by atoms with Crippen molar-refractivity contribution >= 4 is 0 Å². The molecule has 1 unspecified atom stereocenters. The number of nitrogens with two attached hydrogens (primary N) is 1. The molecule has 0 aliphatic heterocycles. The first kappa shape index (κ1) is 13.5. The Labute approximate surface area is 110 Å². The number of aromatic nitrogens is 2. The monoisotopic (exact) mass is 263 g/mol. The summed E-state index contributed by atoms with van der Waals surface area (Å²) in [5.74, 6) is -1.15. The van der Waals surface area contributed by atoms with Gasteiger partial charge in [0.15, 0.2) is 11.6 Å². The van der Waals surface area contributed by atoms with Crippen molar-refractivity contribution in [1.82, 2.24) is 9.97 Å². The second-order valence-corrected chi connectivity index (χ2v) is 4.62. The molecule has 3 nitrogen and oxygen atoms in total. The smallest absolute Gasteiger partial charge is 0.159 e. The molecule has 1 atom stereocenters. The normalized spacial score (nSPS) is 12.5. The van der Waals surface area contributed by atoms with E-state index < -0.39 is 11.6 Å². The third-order valence-corrected chi connectivity index (χ3v) is 2.62. The minimum Gasteiger partial charge on any atom is -0.328 e. The van der Waals surface area contributed by atoms with E-state index in [1.807, 2.05) is 13.8 Å². The Morgan fingerprint density at radius 1 is 1.16 bits per heavy atom. The average Bonchev–Trinajstić information content (AvgIpc) is 2.31. The summed E-state index contributed by atoms with van der Waals surface area (Å²) in [7, 11) is 0. The highest BCUT2D eigenvalue weighted by Crippen LogP contribution is 2.20. The maximum atomic E-state index is 13.2. The molecule has 0 aliphatic rings. The quantitative estimate of drug-likeness (QED) is 0.926. The highest BCUT2D eigenvalue weighted by atomic mass is 19.2. The Hall–Kier alpha value is -1.88. The van der Waals surface area contributed by atoms with Gasteiger partial charge in [0.2, 0.25) is 0 Å². The highest BCUT2D eigenvalue weighted by Gasteiger charge is 2.09. The first-order valence-corrected chi connectivity index (χ1v) is 6.01. The molecule has 1 aromatic carbocycles. The van der Waals surface area contributed by atoms with Gasteiger partial charge in [0.25, 0.3) is 0 Å². The van der Waals surface area contributed by atoms with Gasteiger partial charge in [-0.3, -0.25) is 0 Å². The van der Waals surface area contributed by atoms with Crippen molar-refractivity contribution in [2.75, 3.05) is 0 Å². The Morgan fingerprint density at radius 3 is 2.53 bits per heavy atom. The van der Waals surface area contributed by atoms with Gasteiger partial charge in [-0.05, 0) is 38.1 Å². The number of hydrogen-bond donors (Lipinski definition) is 1. The minimum atomic E-state index is -0.887. The first-order chi connectivity index (χ1) is 8.95. The van der Waals surface area contributed by atoms with Gasteiger partial charge in [0.1, 0.15) is 5.82 Å². The Morgan fingerprint density at radius 2 is 1.89 bits per heavy atom. The lowest BCUT2D eigenvalue weighted by atomic mass is 10.1. The Balaban J connectivity index is 2.43. The topological polar surface area (TPSA) is 51.8 Å². The third-order valence-electron chi connectivity index (χ3n) is 2.62. The molecular formula is C14H15F2N3. The van der Waals surface area contributed by atoms with Crippen molar-refractivity contribution in [3.05, 3.63) is 47.4 Å². The number of hydrogen-bond acceptors (Lipinski definition) is 3. The molecule has 2 rings (SSSR count). The van der Waals surface area contributed by atoms with E-state index in [-0.39, 0.29) is 6.04 Å². The summed E-state index contributed by atoms with van der Waals surface area (Å²) < 4.78 is 26.2. The molecule has 0 saturated heterocycles. The summed E-state index contributed by atoms with van der Waals surface area (Å²) in [5.41, 5.74) is 7.58. The Bertz CT molecular complexity index is 597. The molecule has 0 aliphatic carbocycles. The third kappa shape index (κ3) is 3.32. The predicted molar refractivity (Wildman–Crippen MR) is 69.5 cm³/mol. The van der Waals surface area contributed by atoms with Crippen LogP contribution in [-0.4, -0.2) is 16.0 Å². The van der Waals surface area contributed by atoms with Crippen molar-refractivity contribution in [3.8, 4) is 11.3 Å². The van der Waals surface area contributed by atoms with E-state index in [0.29, 0.717) is 23.5 Å². The fourth-order valence-corrected chi connectivity index (χ4v) is 1.81. The van der Waals surface area contributed by atoms with E-state index in [0.717, 1.165) is 17.8 Å². The summed E-state index contributed by atoms with van der Waals surface area (Å²) in [5, 5.41) is 0. The number of nitrogens with zero attached hydrogens (tertiary/aromatic N) is 2. The summed E-state index contributed by atoms with van der Waals surface area (Å²) in [6.45, 7) is 3.69. The SMILES string of the molecule is Cc1cc(-c2ccc(F)c(F)c2)nc(CC(C)N)n1. The Kier molecular flexibility index (Phi) is 3.85. The molecule has 1 aromatic heterocycles. The molecule has 0 fully saturated rings. The van der Waals surface area contributed by atoms with Crippen molar-refractivity contribution in [3.63, 3.8) is 0 Å². The van der Waals surface area contributed by atoms with Gasteiger partial charge in [0.05, 0.1) is 5.69 Å². The van der Waals surface area contributed by atoms with Crippen LogP contribution >= 0.6 is 0 Å². The fraction of sp³-hybridized carbons (Fsp3) is 0.286. The van der Waals surface area contributed by atoms with Crippen LogP contribution in [0, 0.1) is 18.6 Å². The van der Waals surface area contributed by atoms with E-state index >= 15 is 0 Å². The lowest BCUT2D eigenvalue weighted by Gasteiger charge is -2.08. The molecular weight excluding hydrogens is 248 g/mol. The molecule has 5 heteroatoms. The van der Waals surface area contributed by atoms with Gasteiger partial charge in [-0.1, -0.05) is 0 Å². The fourth-order valence-electron chi connectivity index (χ4n) is 1.81. The first-order valence-electron chi connectivity index (χ1n) is 6.01. The number of benzene rings is 1. The van der Waals surface area contributed by atoms with E-state index in [2.05, 4.69) is 9.97 Å². The van der Waals surface area contributed by atoms with Gasteiger partial charge in [0, 0.05) is 23.7 Å². The van der Waals surface area contributed by atoms with Crippen LogP contribution in [0.5, 0.6) is 0 Å². The number of aryl methyl sites for hydroxylation is 1. The highest BCUT2D eigenvalue weighted by molar-refractivity contribution is 5.59. The van der Waals surface area contributed by atoms with Crippen LogP contribution in [0.25, 0.3) is 11.3 Å². The van der Waals surface area contributed by atoms with Gasteiger partial charge in [-0.15, -0.1) is 0 Å². The molecule has 100 valence electrons. The molecule has 0 radical (unpaired) electrons. The summed E-state index contributed by atoms with van der Waals surface area (Å²) in [4.78, 5) is 8.62. The second kappa shape index (κ2) is 5.40. The lowest BCUT2D eigenvalue weighted by Crippen LogP contribution is -2.19. The standard InChI is InChI=1S/C14H15F2N3/c1-8(17)5-14-18-9(2)6-13(19-14)10-3-4-11(15)12(16)7-10/h3-4,6-8H,5,17H2,1-2H3. The van der Waals surface area contributed by atoms with Gasteiger partial charge < -0.3 is 5.73 Å². The zero-order valence-corrected chi connectivity index (χ0v) is 10.8. The largest absolute Gasteiger partial charge is 0.328 e. The molecule has 0 amide bonds. The molecule has 1 heterocycles. The van der Waals surface area contributed by atoms with Crippen LogP contribution in [0.15, 0.2) is 24.3 Å². The van der Waals surface area contributed by atoms with Crippen LogP contribution in [0.3, 0.4) is 0 Å². The molecule has 2 aromatic rings. The maximum Gasteiger partial charge on any atom is 0.159 e. The van der Waals surface area contributed by atoms with E-state index in [4.69, 9.17) is 5.73 Å². The van der Waals surface area contributed by atoms with Crippen molar-refractivity contribution in [2.45, 2.75) is 26.3 Å². The summed E-state index contributed by atoms with van der Waals surface area (Å²) >= 11 is 0. The summed E-state index contributed by atoms with van der Waals surface area (Å²) in [6, 6.07) is 5.40.